The standard InChI is InChI=1S/C33H43FN4O7S2/c1-22-19-38(23(2)21-39)32(40)28-18-27(36-47(42,43)31-9-7-17-46-31)14-15-29(28)45-24(3)8-5-6-16-44-30(22)20-37(4)33(41)35-26-12-10-25(34)11-13-26/h7,9-15,17-18,22-24,30,36,39H,5-6,8,16,19-21H2,1-4H3,(H,35,41)/t22-,23+,24-,30+/m0/s1. The highest BCUT2D eigenvalue weighted by atomic mass is 32.2. The minimum absolute atomic E-state index is 0.139. The number of urea groups is 1. The summed E-state index contributed by atoms with van der Waals surface area (Å²) in [4.78, 5) is 30.3. The molecule has 4 atom stereocenters. The number of ether oxygens (including phenoxy) is 2. The van der Waals surface area contributed by atoms with Crippen molar-refractivity contribution in [2.75, 3.05) is 43.4 Å². The molecule has 3 amide bonds. The molecule has 0 fully saturated rings. The zero-order valence-corrected chi connectivity index (χ0v) is 28.7. The van der Waals surface area contributed by atoms with E-state index in [4.69, 9.17) is 9.47 Å². The highest BCUT2D eigenvalue weighted by Gasteiger charge is 2.31. The molecule has 1 aliphatic rings. The van der Waals surface area contributed by atoms with Crippen LogP contribution in [-0.4, -0.2) is 86.9 Å². The van der Waals surface area contributed by atoms with Gasteiger partial charge in [-0.15, -0.1) is 11.3 Å². The molecule has 3 N–H and O–H groups in total. The summed E-state index contributed by atoms with van der Waals surface area (Å²) < 4.78 is 54.5. The van der Waals surface area contributed by atoms with Gasteiger partial charge < -0.3 is 29.7 Å². The van der Waals surface area contributed by atoms with Crippen LogP contribution in [0.2, 0.25) is 0 Å². The second kappa shape index (κ2) is 16.4. The number of amides is 3. The molecule has 0 saturated carbocycles. The number of benzene rings is 2. The molecular formula is C33H43FN4O7S2. The Morgan fingerprint density at radius 3 is 2.55 bits per heavy atom. The zero-order valence-electron chi connectivity index (χ0n) is 27.0. The summed E-state index contributed by atoms with van der Waals surface area (Å²) in [6.45, 7) is 6.02. The molecule has 0 aliphatic carbocycles. The normalized spacial score (nSPS) is 20.3. The van der Waals surface area contributed by atoms with Crippen LogP contribution in [0.3, 0.4) is 0 Å². The molecule has 11 nitrogen and oxygen atoms in total. The molecule has 0 spiro atoms. The predicted octanol–water partition coefficient (Wildman–Crippen LogP) is 5.65. The first-order chi connectivity index (χ1) is 22.4. The lowest BCUT2D eigenvalue weighted by molar-refractivity contribution is -0.0115. The lowest BCUT2D eigenvalue weighted by Gasteiger charge is -2.35. The smallest absolute Gasteiger partial charge is 0.321 e. The Morgan fingerprint density at radius 1 is 1.15 bits per heavy atom. The molecule has 3 aromatic rings. The fraction of sp³-hybridized carbons (Fsp3) is 0.455. The summed E-state index contributed by atoms with van der Waals surface area (Å²) in [6.07, 6.45) is 1.49. The van der Waals surface area contributed by atoms with E-state index in [0.29, 0.717) is 24.5 Å². The number of aliphatic hydroxyl groups is 1. The lowest BCUT2D eigenvalue weighted by Crippen LogP contribution is -2.48. The van der Waals surface area contributed by atoms with Gasteiger partial charge in [0, 0.05) is 44.0 Å². The number of carbonyl (C=O) groups is 2. The van der Waals surface area contributed by atoms with Crippen molar-refractivity contribution >= 4 is 44.7 Å². The van der Waals surface area contributed by atoms with Crippen LogP contribution >= 0.6 is 11.3 Å². The number of thiophene rings is 1. The number of nitrogens with one attached hydrogen (secondary N) is 2. The molecule has 0 radical (unpaired) electrons. The first kappa shape index (κ1) is 36.1. The van der Waals surface area contributed by atoms with E-state index < -0.39 is 39.9 Å². The molecule has 1 aromatic heterocycles. The van der Waals surface area contributed by atoms with Crippen LogP contribution in [0.15, 0.2) is 64.2 Å². The minimum atomic E-state index is -3.87. The largest absolute Gasteiger partial charge is 0.490 e. The third-order valence-corrected chi connectivity index (χ3v) is 10.7. The fourth-order valence-electron chi connectivity index (χ4n) is 5.18. The number of anilines is 2. The molecular weight excluding hydrogens is 648 g/mol. The van der Waals surface area contributed by atoms with Crippen molar-refractivity contribution in [1.29, 1.82) is 0 Å². The fourth-order valence-corrected chi connectivity index (χ4v) is 7.22. The van der Waals surface area contributed by atoms with Crippen LogP contribution < -0.4 is 14.8 Å². The molecule has 47 heavy (non-hydrogen) atoms. The van der Waals surface area contributed by atoms with Gasteiger partial charge in [-0.25, -0.2) is 17.6 Å². The van der Waals surface area contributed by atoms with Crippen LogP contribution in [0.5, 0.6) is 5.75 Å². The summed E-state index contributed by atoms with van der Waals surface area (Å²) in [6, 6.07) is 12.2. The third kappa shape index (κ3) is 9.89. The van der Waals surface area contributed by atoms with Crippen molar-refractivity contribution in [2.45, 2.75) is 62.5 Å². The molecule has 2 aromatic carbocycles. The first-order valence-electron chi connectivity index (χ1n) is 15.6. The highest BCUT2D eigenvalue weighted by molar-refractivity contribution is 7.94. The van der Waals surface area contributed by atoms with E-state index in [2.05, 4.69) is 10.0 Å². The molecule has 0 unspecified atom stereocenters. The number of halogens is 1. The van der Waals surface area contributed by atoms with E-state index in [1.807, 2.05) is 13.8 Å². The van der Waals surface area contributed by atoms with Crippen molar-refractivity contribution in [3.05, 3.63) is 71.4 Å². The van der Waals surface area contributed by atoms with Crippen molar-refractivity contribution < 1.29 is 37.0 Å². The van der Waals surface area contributed by atoms with Gasteiger partial charge in [0.1, 0.15) is 15.8 Å². The summed E-state index contributed by atoms with van der Waals surface area (Å²) in [5.74, 6) is -0.836. The number of carbonyl (C=O) groups excluding carboxylic acids is 2. The van der Waals surface area contributed by atoms with Crippen molar-refractivity contribution in [3.8, 4) is 5.75 Å². The number of hydrogen-bond acceptors (Lipinski definition) is 8. The zero-order chi connectivity index (χ0) is 34.1. The first-order valence-corrected chi connectivity index (χ1v) is 17.9. The van der Waals surface area contributed by atoms with Crippen LogP contribution in [0, 0.1) is 11.7 Å². The number of likely N-dealkylation sites (N-methyl/N-ethyl adjacent to an activating group) is 1. The van der Waals surface area contributed by atoms with Gasteiger partial charge in [-0.1, -0.05) is 13.0 Å². The average molecular weight is 691 g/mol. The van der Waals surface area contributed by atoms with E-state index in [0.717, 1.165) is 24.2 Å². The van der Waals surface area contributed by atoms with Gasteiger partial charge >= 0.3 is 6.03 Å². The topological polar surface area (TPSA) is 138 Å². The molecule has 4 rings (SSSR count). The minimum Gasteiger partial charge on any atom is -0.490 e. The SMILES string of the molecule is C[C@H](CO)N1C[C@H](C)[C@@H](CN(C)C(=O)Nc2ccc(F)cc2)OCCCC[C@H](C)Oc2ccc(NS(=O)(=O)c3cccs3)cc2C1=O. The maximum Gasteiger partial charge on any atom is 0.321 e. The number of sulfonamides is 1. The average Bonchev–Trinajstić information content (AvgIpc) is 3.60. The van der Waals surface area contributed by atoms with Gasteiger partial charge in [-0.3, -0.25) is 9.52 Å². The van der Waals surface area contributed by atoms with E-state index in [1.165, 1.54) is 46.2 Å². The predicted molar refractivity (Wildman–Crippen MR) is 180 cm³/mol. The maximum absolute atomic E-state index is 14.3. The van der Waals surface area contributed by atoms with Gasteiger partial charge in [0.05, 0.1) is 30.4 Å². The van der Waals surface area contributed by atoms with E-state index in [9.17, 15) is 27.5 Å². The van der Waals surface area contributed by atoms with Crippen LogP contribution in [-0.2, 0) is 14.8 Å². The van der Waals surface area contributed by atoms with Gasteiger partial charge in [0.2, 0.25) is 0 Å². The van der Waals surface area contributed by atoms with Gasteiger partial charge in [0.15, 0.2) is 0 Å². The number of hydrogen-bond donors (Lipinski definition) is 3. The Kier molecular flexibility index (Phi) is 12.6. The van der Waals surface area contributed by atoms with Crippen LogP contribution in [0.25, 0.3) is 0 Å². The summed E-state index contributed by atoms with van der Waals surface area (Å²) >= 11 is 1.08. The second-order valence-electron chi connectivity index (χ2n) is 11.9. The third-order valence-electron chi connectivity index (χ3n) is 7.96. The highest BCUT2D eigenvalue weighted by Crippen LogP contribution is 2.30. The quantitative estimate of drug-likeness (QED) is 0.278. The summed E-state index contributed by atoms with van der Waals surface area (Å²) in [5.41, 5.74) is 0.799. The molecule has 0 saturated heterocycles. The van der Waals surface area contributed by atoms with Gasteiger partial charge in [-0.05, 0) is 87.0 Å². The lowest BCUT2D eigenvalue weighted by atomic mass is 10.0. The van der Waals surface area contributed by atoms with Crippen molar-refractivity contribution in [2.24, 2.45) is 5.92 Å². The van der Waals surface area contributed by atoms with Crippen LogP contribution in [0.4, 0.5) is 20.6 Å². The second-order valence-corrected chi connectivity index (χ2v) is 14.7. The van der Waals surface area contributed by atoms with Gasteiger partial charge in [-0.2, -0.15) is 0 Å². The number of fused-ring (bicyclic) bond motifs is 1. The van der Waals surface area contributed by atoms with Crippen LogP contribution in [0.1, 0.15) is 50.4 Å². The molecule has 256 valence electrons. The maximum atomic E-state index is 14.3. The molecule has 1 aliphatic heterocycles. The Balaban J connectivity index is 1.61. The monoisotopic (exact) mass is 690 g/mol. The molecule has 2 heterocycles. The summed E-state index contributed by atoms with van der Waals surface area (Å²) in [7, 11) is -2.24. The Labute approximate surface area is 279 Å². The van der Waals surface area contributed by atoms with E-state index >= 15 is 0 Å². The van der Waals surface area contributed by atoms with Gasteiger partial charge in [0.25, 0.3) is 15.9 Å². The Hall–Kier alpha value is -3.72. The number of nitrogens with zero attached hydrogens (tertiary/aromatic N) is 2. The number of rotatable bonds is 8. The van der Waals surface area contributed by atoms with E-state index in [-0.39, 0.29) is 47.2 Å². The molecule has 0 bridgehead atoms. The Morgan fingerprint density at radius 2 is 1.87 bits per heavy atom. The van der Waals surface area contributed by atoms with E-state index in [1.54, 1.807) is 37.6 Å². The summed E-state index contributed by atoms with van der Waals surface area (Å²) in [5, 5.41) is 14.6. The Bertz CT molecular complexity index is 1590. The van der Waals surface area contributed by atoms with Crippen molar-refractivity contribution in [3.63, 3.8) is 0 Å². The van der Waals surface area contributed by atoms with Crippen molar-refractivity contribution in [1.82, 2.24) is 9.80 Å². The number of aliphatic hydroxyl groups excluding tert-OH is 1. The molecule has 14 heteroatoms.